The van der Waals surface area contributed by atoms with Crippen LogP contribution in [0.3, 0.4) is 0 Å². The van der Waals surface area contributed by atoms with E-state index >= 15 is 0 Å². The minimum Gasteiger partial charge on any atom is -0.457 e. The van der Waals surface area contributed by atoms with Crippen molar-refractivity contribution in [3.05, 3.63) is 50.9 Å². The highest BCUT2D eigenvalue weighted by Crippen LogP contribution is 2.32. The van der Waals surface area contributed by atoms with E-state index < -0.39 is 10.9 Å². The number of rotatable bonds is 5. The van der Waals surface area contributed by atoms with Gasteiger partial charge in [-0.2, -0.15) is 0 Å². The zero-order valence-corrected chi connectivity index (χ0v) is 15.7. The number of carbonyl (C=O) groups is 1. The highest BCUT2D eigenvalue weighted by Gasteiger charge is 2.25. The fourth-order valence-corrected chi connectivity index (χ4v) is 3.40. The molecule has 0 amide bonds. The minimum atomic E-state index is -0.614. The van der Waals surface area contributed by atoms with Gasteiger partial charge in [-0.3, -0.25) is 10.1 Å². The predicted octanol–water partition coefficient (Wildman–Crippen LogP) is 3.79. The first-order valence-corrected chi connectivity index (χ1v) is 8.99. The summed E-state index contributed by atoms with van der Waals surface area (Å²) >= 11 is 0. The second-order valence-electron chi connectivity index (χ2n) is 7.03. The van der Waals surface area contributed by atoms with Crippen LogP contribution in [0.5, 0.6) is 0 Å². The van der Waals surface area contributed by atoms with Crippen LogP contribution < -0.4 is 4.90 Å². The molecule has 0 spiro atoms. The third-order valence-electron chi connectivity index (χ3n) is 4.93. The third kappa shape index (κ3) is 4.10. The van der Waals surface area contributed by atoms with Gasteiger partial charge < -0.3 is 14.2 Å². The van der Waals surface area contributed by atoms with Crippen LogP contribution in [0.15, 0.2) is 22.7 Å². The molecule has 1 fully saturated rings. The molecular formula is C19H23N3O5. The zero-order chi connectivity index (χ0) is 19.6. The highest BCUT2D eigenvalue weighted by atomic mass is 16.6. The lowest BCUT2D eigenvalue weighted by molar-refractivity contribution is -0.384. The summed E-state index contributed by atoms with van der Waals surface area (Å²) in [5, 5.41) is 15.4. The summed E-state index contributed by atoms with van der Waals surface area (Å²) in [5.41, 5.74) is 1.99. The van der Waals surface area contributed by atoms with Gasteiger partial charge in [0.25, 0.3) is 5.69 Å². The summed E-state index contributed by atoms with van der Waals surface area (Å²) in [6, 6.07) is 4.52. The first kappa shape index (κ1) is 18.9. The smallest absolute Gasteiger partial charge is 0.338 e. The fraction of sp³-hybridized carbons (Fsp3) is 0.474. The molecule has 0 bridgehead atoms. The van der Waals surface area contributed by atoms with Gasteiger partial charge in [0.1, 0.15) is 18.1 Å². The maximum absolute atomic E-state index is 12.4. The number of hydrogen-bond donors (Lipinski definition) is 0. The number of nitrogens with zero attached hydrogens (tertiary/aromatic N) is 3. The average Bonchev–Trinajstić information content (AvgIpc) is 2.97. The van der Waals surface area contributed by atoms with E-state index in [4.69, 9.17) is 9.26 Å². The Morgan fingerprint density at radius 3 is 2.85 bits per heavy atom. The van der Waals surface area contributed by atoms with Crippen molar-refractivity contribution >= 4 is 17.3 Å². The Hall–Kier alpha value is -2.90. The van der Waals surface area contributed by atoms with Crippen LogP contribution in [-0.2, 0) is 11.3 Å². The van der Waals surface area contributed by atoms with E-state index in [1.165, 1.54) is 6.07 Å². The lowest BCUT2D eigenvalue weighted by Crippen LogP contribution is -2.34. The summed E-state index contributed by atoms with van der Waals surface area (Å²) in [4.78, 5) is 25.5. The number of piperidine rings is 1. The summed E-state index contributed by atoms with van der Waals surface area (Å²) in [7, 11) is 0. The molecule has 1 saturated heterocycles. The van der Waals surface area contributed by atoms with Crippen molar-refractivity contribution in [2.75, 3.05) is 18.0 Å². The molecule has 8 heteroatoms. The molecule has 2 heterocycles. The van der Waals surface area contributed by atoms with Gasteiger partial charge in [-0.1, -0.05) is 12.1 Å². The van der Waals surface area contributed by atoms with Gasteiger partial charge in [-0.05, 0) is 44.7 Å². The highest BCUT2D eigenvalue weighted by molar-refractivity contribution is 5.91. The standard InChI is InChI=1S/C19H23N3O5/c1-12-5-4-8-21(10-12)17-7-6-15(9-18(17)22(24)25)19(23)26-11-16-13(2)20-27-14(16)3/h6-7,9,12H,4-5,8,10-11H2,1-3H3/t12-/m0/s1. The van der Waals surface area contributed by atoms with E-state index in [0.717, 1.165) is 25.9 Å². The van der Waals surface area contributed by atoms with Crippen molar-refractivity contribution in [3.8, 4) is 0 Å². The van der Waals surface area contributed by atoms with E-state index in [-0.39, 0.29) is 17.9 Å². The SMILES string of the molecule is Cc1noc(C)c1COC(=O)c1ccc(N2CCC[C@H](C)C2)c([N+](=O)[O-])c1. The molecule has 1 aliphatic rings. The fourth-order valence-electron chi connectivity index (χ4n) is 3.40. The van der Waals surface area contributed by atoms with Crippen LogP contribution in [0.25, 0.3) is 0 Å². The summed E-state index contributed by atoms with van der Waals surface area (Å²) in [6.45, 7) is 7.21. The molecule has 1 aliphatic heterocycles. The van der Waals surface area contributed by atoms with Gasteiger partial charge in [-0.15, -0.1) is 0 Å². The average molecular weight is 373 g/mol. The maximum Gasteiger partial charge on any atom is 0.338 e. The molecule has 144 valence electrons. The first-order valence-electron chi connectivity index (χ1n) is 8.99. The third-order valence-corrected chi connectivity index (χ3v) is 4.93. The number of ether oxygens (including phenoxy) is 1. The number of benzene rings is 1. The van der Waals surface area contributed by atoms with Crippen LogP contribution in [0.4, 0.5) is 11.4 Å². The zero-order valence-electron chi connectivity index (χ0n) is 15.7. The molecule has 1 aromatic heterocycles. The van der Waals surface area contributed by atoms with Crippen molar-refractivity contribution in [3.63, 3.8) is 0 Å². The van der Waals surface area contributed by atoms with Crippen LogP contribution in [-0.4, -0.2) is 29.1 Å². The summed E-state index contributed by atoms with van der Waals surface area (Å²) < 4.78 is 10.3. The van der Waals surface area contributed by atoms with Gasteiger partial charge in [0, 0.05) is 19.2 Å². The molecule has 27 heavy (non-hydrogen) atoms. The molecule has 0 N–H and O–H groups in total. The Morgan fingerprint density at radius 1 is 1.44 bits per heavy atom. The van der Waals surface area contributed by atoms with Crippen molar-refractivity contribution in [2.24, 2.45) is 5.92 Å². The molecule has 2 aromatic rings. The second-order valence-corrected chi connectivity index (χ2v) is 7.03. The topological polar surface area (TPSA) is 98.7 Å². The number of aryl methyl sites for hydroxylation is 2. The molecule has 0 aliphatic carbocycles. The number of carbonyl (C=O) groups excluding carboxylic acids is 1. The normalized spacial score (nSPS) is 17.0. The number of anilines is 1. The van der Waals surface area contributed by atoms with Crippen LogP contribution in [0.2, 0.25) is 0 Å². The largest absolute Gasteiger partial charge is 0.457 e. The molecule has 1 atom stereocenters. The van der Waals surface area contributed by atoms with E-state index in [9.17, 15) is 14.9 Å². The van der Waals surface area contributed by atoms with Crippen molar-refractivity contribution in [1.82, 2.24) is 5.16 Å². The van der Waals surface area contributed by atoms with Gasteiger partial charge in [0.15, 0.2) is 0 Å². The van der Waals surface area contributed by atoms with Crippen LogP contribution in [0.1, 0.15) is 47.1 Å². The number of nitro benzene ring substituents is 1. The Labute approximate surface area is 157 Å². The van der Waals surface area contributed by atoms with Crippen LogP contribution in [0, 0.1) is 29.9 Å². The quantitative estimate of drug-likeness (QED) is 0.446. The van der Waals surface area contributed by atoms with E-state index in [1.54, 1.807) is 26.0 Å². The second kappa shape index (κ2) is 7.77. The van der Waals surface area contributed by atoms with Crippen LogP contribution >= 0.6 is 0 Å². The van der Waals surface area contributed by atoms with Crippen molar-refractivity contribution < 1.29 is 19.0 Å². The van der Waals surface area contributed by atoms with Gasteiger partial charge in [0.05, 0.1) is 21.7 Å². The summed E-state index contributed by atoms with van der Waals surface area (Å²) in [5.74, 6) is 0.454. The van der Waals surface area contributed by atoms with E-state index in [1.807, 2.05) is 4.90 Å². The Morgan fingerprint density at radius 2 is 2.22 bits per heavy atom. The molecular weight excluding hydrogens is 350 g/mol. The molecule has 3 rings (SSSR count). The van der Waals surface area contributed by atoms with E-state index in [0.29, 0.717) is 28.6 Å². The lowest BCUT2D eigenvalue weighted by Gasteiger charge is -2.32. The molecule has 0 radical (unpaired) electrons. The number of esters is 1. The molecule has 0 unspecified atom stereocenters. The number of nitro groups is 1. The first-order chi connectivity index (χ1) is 12.9. The predicted molar refractivity (Wildman–Crippen MR) is 98.8 cm³/mol. The Bertz CT molecular complexity index is 842. The summed E-state index contributed by atoms with van der Waals surface area (Å²) in [6.07, 6.45) is 2.12. The maximum atomic E-state index is 12.4. The molecule has 1 aromatic carbocycles. The van der Waals surface area contributed by atoms with Crippen molar-refractivity contribution in [1.29, 1.82) is 0 Å². The number of aromatic nitrogens is 1. The van der Waals surface area contributed by atoms with Crippen molar-refractivity contribution in [2.45, 2.75) is 40.2 Å². The molecule has 0 saturated carbocycles. The van der Waals surface area contributed by atoms with Gasteiger partial charge in [0.2, 0.25) is 0 Å². The Balaban J connectivity index is 1.79. The van der Waals surface area contributed by atoms with E-state index in [2.05, 4.69) is 12.1 Å². The minimum absolute atomic E-state index is 0.0131. The van der Waals surface area contributed by atoms with Gasteiger partial charge in [-0.25, -0.2) is 4.79 Å². The molecule has 8 nitrogen and oxygen atoms in total. The Kier molecular flexibility index (Phi) is 5.43. The number of hydrogen-bond acceptors (Lipinski definition) is 7. The lowest BCUT2D eigenvalue weighted by atomic mass is 9.99. The monoisotopic (exact) mass is 373 g/mol. The van der Waals surface area contributed by atoms with Gasteiger partial charge >= 0.3 is 5.97 Å².